The molecule has 2 rings (SSSR count). The lowest BCUT2D eigenvalue weighted by Crippen LogP contribution is -2.14. The van der Waals surface area contributed by atoms with Crippen LogP contribution in [0.25, 0.3) is 6.08 Å². The van der Waals surface area contributed by atoms with Crippen molar-refractivity contribution in [2.45, 2.75) is 20.8 Å². The molecule has 2 aromatic carbocycles. The molecule has 1 amide bonds. The fourth-order valence-electron chi connectivity index (χ4n) is 2.54. The maximum Gasteiger partial charge on any atom is 0.266 e. The van der Waals surface area contributed by atoms with Crippen LogP contribution in [0.2, 0.25) is 5.02 Å². The van der Waals surface area contributed by atoms with E-state index in [1.165, 1.54) is 13.2 Å². The van der Waals surface area contributed by atoms with Crippen molar-refractivity contribution in [3.63, 3.8) is 0 Å². The highest BCUT2D eigenvalue weighted by Crippen LogP contribution is 2.31. The van der Waals surface area contributed by atoms with E-state index < -0.39 is 5.91 Å². The Labute approximate surface area is 182 Å². The lowest BCUT2D eigenvalue weighted by Gasteiger charge is -2.14. The van der Waals surface area contributed by atoms with Crippen LogP contribution in [-0.4, -0.2) is 26.2 Å². The van der Waals surface area contributed by atoms with Gasteiger partial charge in [0.25, 0.3) is 5.91 Å². The first-order valence-corrected chi connectivity index (χ1v) is 9.92. The smallest absolute Gasteiger partial charge is 0.266 e. The molecule has 0 radical (unpaired) electrons. The van der Waals surface area contributed by atoms with Gasteiger partial charge in [-0.25, -0.2) is 0 Å². The Hall–Kier alpha value is -3.17. The molecule has 0 aliphatic carbocycles. The van der Waals surface area contributed by atoms with Crippen molar-refractivity contribution in [3.05, 3.63) is 52.6 Å². The van der Waals surface area contributed by atoms with Gasteiger partial charge in [-0.15, -0.1) is 0 Å². The summed E-state index contributed by atoms with van der Waals surface area (Å²) in [4.78, 5) is 12.6. The molecule has 0 saturated heterocycles. The Morgan fingerprint density at radius 1 is 1.17 bits per heavy atom. The topological polar surface area (TPSA) is 80.6 Å². The monoisotopic (exact) mass is 428 g/mol. The number of carbonyl (C=O) groups is 1. The first kappa shape index (κ1) is 23.1. The fourth-order valence-corrected chi connectivity index (χ4v) is 2.71. The van der Waals surface area contributed by atoms with Gasteiger partial charge in [0, 0.05) is 5.02 Å². The molecule has 0 bridgehead atoms. The Morgan fingerprint density at radius 2 is 1.90 bits per heavy atom. The van der Waals surface area contributed by atoms with E-state index >= 15 is 0 Å². The average molecular weight is 429 g/mol. The molecule has 0 saturated carbocycles. The van der Waals surface area contributed by atoms with Gasteiger partial charge in [0.15, 0.2) is 11.5 Å². The number of benzene rings is 2. The number of ether oxygens (including phenoxy) is 3. The van der Waals surface area contributed by atoms with Crippen molar-refractivity contribution in [3.8, 4) is 23.3 Å². The zero-order valence-corrected chi connectivity index (χ0v) is 18.2. The number of nitriles is 1. The molecule has 6 nitrogen and oxygen atoms in total. The van der Waals surface area contributed by atoms with Gasteiger partial charge in [-0.1, -0.05) is 31.5 Å². The second-order valence-corrected chi connectivity index (χ2v) is 7.25. The minimum Gasteiger partial charge on any atom is -0.495 e. The van der Waals surface area contributed by atoms with Crippen LogP contribution in [0.4, 0.5) is 5.69 Å². The highest BCUT2D eigenvalue weighted by atomic mass is 35.5. The molecule has 0 atom stereocenters. The Morgan fingerprint density at radius 3 is 2.53 bits per heavy atom. The number of amides is 1. The van der Waals surface area contributed by atoms with Crippen molar-refractivity contribution in [1.82, 2.24) is 0 Å². The molecule has 158 valence electrons. The van der Waals surface area contributed by atoms with Crippen LogP contribution in [0.15, 0.2) is 42.0 Å². The second kappa shape index (κ2) is 11.1. The van der Waals surface area contributed by atoms with E-state index in [1.54, 1.807) is 36.4 Å². The van der Waals surface area contributed by atoms with Gasteiger partial charge in [0.05, 0.1) is 26.0 Å². The molecule has 30 heavy (non-hydrogen) atoms. The number of rotatable bonds is 9. The van der Waals surface area contributed by atoms with Crippen LogP contribution >= 0.6 is 11.6 Å². The van der Waals surface area contributed by atoms with Gasteiger partial charge in [-0.05, 0) is 54.8 Å². The van der Waals surface area contributed by atoms with E-state index in [4.69, 9.17) is 25.8 Å². The van der Waals surface area contributed by atoms with Crippen molar-refractivity contribution in [2.24, 2.45) is 5.92 Å². The minimum atomic E-state index is -0.573. The summed E-state index contributed by atoms with van der Waals surface area (Å²) in [7, 11) is 1.48. The van der Waals surface area contributed by atoms with Crippen LogP contribution in [0, 0.1) is 17.2 Å². The van der Waals surface area contributed by atoms with Gasteiger partial charge >= 0.3 is 0 Å². The molecule has 0 unspecified atom stereocenters. The summed E-state index contributed by atoms with van der Waals surface area (Å²) < 4.78 is 16.7. The standard InChI is InChI=1S/C23H25ClN2O4/c1-5-29-22-11-16(6-8-21(22)30-14-15(2)3)10-17(13-25)23(27)26-19-12-18(24)7-9-20(19)28-4/h6-12,15H,5,14H2,1-4H3,(H,26,27)/b17-10+. The molecule has 0 aliphatic heterocycles. The zero-order chi connectivity index (χ0) is 22.1. The van der Waals surface area contributed by atoms with Gasteiger partial charge < -0.3 is 19.5 Å². The minimum absolute atomic E-state index is 0.0738. The fraction of sp³-hybridized carbons (Fsp3) is 0.304. The molecule has 7 heteroatoms. The summed E-state index contributed by atoms with van der Waals surface area (Å²) in [5.41, 5.74) is 0.944. The normalized spacial score (nSPS) is 11.0. The number of methoxy groups -OCH3 is 1. The summed E-state index contributed by atoms with van der Waals surface area (Å²) in [6.45, 7) is 7.02. The molecule has 0 spiro atoms. The van der Waals surface area contributed by atoms with Crippen LogP contribution in [-0.2, 0) is 4.79 Å². The molecule has 0 aromatic heterocycles. The third-order valence-electron chi connectivity index (χ3n) is 3.93. The maximum absolute atomic E-state index is 12.6. The number of halogens is 1. The molecule has 2 aromatic rings. The van der Waals surface area contributed by atoms with Gasteiger partial charge in [0.2, 0.25) is 0 Å². The van der Waals surface area contributed by atoms with Crippen molar-refractivity contribution in [2.75, 3.05) is 25.6 Å². The van der Waals surface area contributed by atoms with Crippen LogP contribution in [0.5, 0.6) is 17.2 Å². The predicted octanol–water partition coefficient (Wildman–Crippen LogP) is 5.33. The Bertz CT molecular complexity index is 964. The number of hydrogen-bond acceptors (Lipinski definition) is 5. The summed E-state index contributed by atoms with van der Waals surface area (Å²) in [6.07, 6.45) is 1.49. The molecule has 0 fully saturated rings. The van der Waals surface area contributed by atoms with Gasteiger partial charge in [-0.3, -0.25) is 4.79 Å². The molecule has 0 heterocycles. The lowest BCUT2D eigenvalue weighted by atomic mass is 10.1. The van der Waals surface area contributed by atoms with Gasteiger partial charge in [-0.2, -0.15) is 5.26 Å². The molecular formula is C23H25ClN2O4. The largest absolute Gasteiger partial charge is 0.495 e. The summed E-state index contributed by atoms with van der Waals surface area (Å²) in [5.74, 6) is 1.42. The Kier molecular flexibility index (Phi) is 8.57. The maximum atomic E-state index is 12.6. The summed E-state index contributed by atoms with van der Waals surface area (Å²) in [5, 5.41) is 12.6. The van der Waals surface area contributed by atoms with Crippen molar-refractivity contribution in [1.29, 1.82) is 5.26 Å². The number of carbonyl (C=O) groups excluding carboxylic acids is 1. The van der Waals surface area contributed by atoms with Crippen LogP contribution in [0.1, 0.15) is 26.3 Å². The third-order valence-corrected chi connectivity index (χ3v) is 4.16. The number of nitrogens with zero attached hydrogens (tertiary/aromatic N) is 1. The van der Waals surface area contributed by atoms with E-state index in [-0.39, 0.29) is 5.57 Å². The van der Waals surface area contributed by atoms with E-state index in [0.717, 1.165) is 0 Å². The van der Waals surface area contributed by atoms with Crippen molar-refractivity contribution >= 4 is 29.3 Å². The lowest BCUT2D eigenvalue weighted by molar-refractivity contribution is -0.112. The number of anilines is 1. The SMILES string of the molecule is CCOc1cc(/C=C(\C#N)C(=O)Nc2cc(Cl)ccc2OC)ccc1OCC(C)C. The third kappa shape index (κ3) is 6.43. The summed E-state index contributed by atoms with van der Waals surface area (Å²) >= 11 is 6.00. The van der Waals surface area contributed by atoms with E-state index in [2.05, 4.69) is 19.2 Å². The summed E-state index contributed by atoms with van der Waals surface area (Å²) in [6, 6.07) is 12.1. The molecule has 0 aliphatic rings. The number of nitrogens with one attached hydrogen (secondary N) is 1. The quantitative estimate of drug-likeness (QED) is 0.431. The van der Waals surface area contributed by atoms with Crippen LogP contribution < -0.4 is 19.5 Å². The van der Waals surface area contributed by atoms with E-state index in [0.29, 0.717) is 52.7 Å². The number of hydrogen-bond donors (Lipinski definition) is 1. The van der Waals surface area contributed by atoms with Crippen LogP contribution in [0.3, 0.4) is 0 Å². The Balaban J connectivity index is 2.28. The zero-order valence-electron chi connectivity index (χ0n) is 17.5. The molecule has 1 N–H and O–H groups in total. The molecular weight excluding hydrogens is 404 g/mol. The highest BCUT2D eigenvalue weighted by Gasteiger charge is 2.14. The second-order valence-electron chi connectivity index (χ2n) is 6.81. The first-order valence-electron chi connectivity index (χ1n) is 9.54. The first-order chi connectivity index (χ1) is 14.4. The predicted molar refractivity (Wildman–Crippen MR) is 118 cm³/mol. The highest BCUT2D eigenvalue weighted by molar-refractivity contribution is 6.31. The van der Waals surface area contributed by atoms with Crippen molar-refractivity contribution < 1.29 is 19.0 Å². The van der Waals surface area contributed by atoms with Gasteiger partial charge in [0.1, 0.15) is 17.4 Å². The van der Waals surface area contributed by atoms with E-state index in [1.807, 2.05) is 13.0 Å². The van der Waals surface area contributed by atoms with E-state index in [9.17, 15) is 10.1 Å². The average Bonchev–Trinajstić information content (AvgIpc) is 2.71.